The van der Waals surface area contributed by atoms with Crippen LogP contribution in [0.25, 0.3) is 49.9 Å². The molecule has 3 heteroatoms. The van der Waals surface area contributed by atoms with Gasteiger partial charge in [0.1, 0.15) is 5.82 Å². The fourth-order valence-corrected chi connectivity index (χ4v) is 9.73. The molecule has 0 amide bonds. The van der Waals surface area contributed by atoms with Gasteiger partial charge in [-0.15, -0.1) is 0 Å². The van der Waals surface area contributed by atoms with Crippen LogP contribution in [0.3, 0.4) is 0 Å². The van der Waals surface area contributed by atoms with E-state index in [0.29, 0.717) is 0 Å². The van der Waals surface area contributed by atoms with E-state index < -0.39 is 0 Å². The molecule has 3 aliphatic rings. The van der Waals surface area contributed by atoms with Crippen LogP contribution in [-0.2, 0) is 16.2 Å². The highest BCUT2D eigenvalue weighted by molar-refractivity contribution is 6.99. The van der Waals surface area contributed by atoms with Gasteiger partial charge in [0, 0.05) is 22.4 Å². The third-order valence-corrected chi connectivity index (χ3v) is 12.6. The van der Waals surface area contributed by atoms with Gasteiger partial charge >= 0.3 is 0 Å². The third kappa shape index (κ3) is 3.88. The summed E-state index contributed by atoms with van der Waals surface area (Å²) in [6.07, 6.45) is 4.48. The zero-order valence-corrected chi connectivity index (χ0v) is 29.4. The minimum atomic E-state index is -0.164. The third-order valence-electron chi connectivity index (χ3n) is 12.6. The van der Waals surface area contributed by atoms with Gasteiger partial charge < -0.3 is 0 Å². The van der Waals surface area contributed by atoms with E-state index in [4.69, 9.17) is 4.98 Å². The molecule has 238 valence electrons. The first kappa shape index (κ1) is 29.1. The second-order valence-electron chi connectivity index (χ2n) is 16.7. The fraction of sp³-hybridized carbons (Fsp3) is 0.239. The molecule has 0 unspecified atom stereocenters. The number of hydrogen-bond acceptors (Lipinski definition) is 1. The normalized spacial score (nSPS) is 17.5. The molecule has 0 atom stereocenters. The van der Waals surface area contributed by atoms with Crippen LogP contribution >= 0.6 is 0 Å². The van der Waals surface area contributed by atoms with Crippen molar-refractivity contribution in [2.75, 3.05) is 0 Å². The summed E-state index contributed by atoms with van der Waals surface area (Å²) in [5, 5.41) is 2.58. The van der Waals surface area contributed by atoms with Crippen molar-refractivity contribution in [3.05, 3.63) is 138 Å². The highest BCUT2D eigenvalue weighted by atomic mass is 15.1. The summed E-state index contributed by atoms with van der Waals surface area (Å²) in [5.74, 6) is 1.09. The minimum Gasteiger partial charge on any atom is -0.295 e. The molecule has 10 rings (SSSR count). The molecule has 1 aliphatic carbocycles. The largest absolute Gasteiger partial charge is 0.295 e. The van der Waals surface area contributed by atoms with E-state index in [1.54, 1.807) is 0 Å². The molecule has 2 nitrogen and oxygen atoms in total. The average Bonchev–Trinajstić information content (AvgIpc) is 3.44. The van der Waals surface area contributed by atoms with Gasteiger partial charge in [-0.1, -0.05) is 132 Å². The van der Waals surface area contributed by atoms with E-state index in [0.717, 1.165) is 5.82 Å². The Balaban J connectivity index is 1.36. The number of rotatable bonds is 2. The number of hydrogen-bond donors (Lipinski definition) is 0. The van der Waals surface area contributed by atoms with Crippen LogP contribution in [-0.4, -0.2) is 16.3 Å². The standard InChI is InChI=1S/C46H41BN2/c1-44(2)20-21-45(3,4)36-27-38-37(26-35(36)44)46(5,6)34-19-22-48-43-41(34)47(38)39-25-31(29-15-11-8-12-16-29)24-33-32-23-30(28-13-9-7-10-14-28)17-18-40(32)49(43)42(33)39/h7-19,22-27H,20-21H2,1-6H3. The molecule has 49 heavy (non-hydrogen) atoms. The lowest BCUT2D eigenvalue weighted by Gasteiger charge is -2.46. The Morgan fingerprint density at radius 1 is 0.551 bits per heavy atom. The minimum absolute atomic E-state index is 0.101. The predicted octanol–water partition coefficient (Wildman–Crippen LogP) is 9.33. The van der Waals surface area contributed by atoms with Gasteiger partial charge in [-0.2, -0.15) is 0 Å². The maximum atomic E-state index is 5.26. The van der Waals surface area contributed by atoms with Crippen molar-refractivity contribution >= 4 is 44.9 Å². The predicted molar refractivity (Wildman–Crippen MR) is 208 cm³/mol. The highest BCUT2D eigenvalue weighted by Crippen LogP contribution is 2.48. The highest BCUT2D eigenvalue weighted by Gasteiger charge is 2.48. The first-order chi connectivity index (χ1) is 23.5. The first-order valence-electron chi connectivity index (χ1n) is 18.0. The Labute approximate surface area is 289 Å². The number of aromatic nitrogens is 2. The maximum Gasteiger partial charge on any atom is 0.249 e. The number of benzene rings is 5. The molecule has 0 fully saturated rings. The summed E-state index contributed by atoms with van der Waals surface area (Å²) >= 11 is 0. The topological polar surface area (TPSA) is 17.8 Å². The van der Waals surface area contributed by atoms with E-state index in [2.05, 4.69) is 162 Å². The lowest BCUT2D eigenvalue weighted by Crippen LogP contribution is -2.64. The Bertz CT molecular complexity index is 2520. The second-order valence-corrected chi connectivity index (χ2v) is 16.7. The van der Waals surface area contributed by atoms with Crippen molar-refractivity contribution in [1.82, 2.24) is 9.55 Å². The first-order valence-corrected chi connectivity index (χ1v) is 18.0. The van der Waals surface area contributed by atoms with Crippen molar-refractivity contribution < 1.29 is 0 Å². The Morgan fingerprint density at radius 3 is 1.88 bits per heavy atom. The Morgan fingerprint density at radius 2 is 1.18 bits per heavy atom. The van der Waals surface area contributed by atoms with Crippen LogP contribution in [0.4, 0.5) is 0 Å². The zero-order chi connectivity index (χ0) is 33.4. The Hall–Kier alpha value is -4.89. The van der Waals surface area contributed by atoms with Crippen molar-refractivity contribution in [3.8, 4) is 28.1 Å². The van der Waals surface area contributed by atoms with Gasteiger partial charge in [-0.05, 0) is 103 Å². The lowest BCUT2D eigenvalue weighted by atomic mass is 9.30. The van der Waals surface area contributed by atoms with Crippen molar-refractivity contribution in [2.45, 2.75) is 70.6 Å². The fourth-order valence-electron chi connectivity index (χ4n) is 9.73. The van der Waals surface area contributed by atoms with E-state index >= 15 is 0 Å². The van der Waals surface area contributed by atoms with Crippen LogP contribution in [0.5, 0.6) is 0 Å². The molecule has 0 radical (unpaired) electrons. The van der Waals surface area contributed by atoms with Gasteiger partial charge in [-0.25, -0.2) is 4.98 Å². The summed E-state index contributed by atoms with van der Waals surface area (Å²) in [7, 11) is 0. The van der Waals surface area contributed by atoms with Crippen molar-refractivity contribution in [2.24, 2.45) is 0 Å². The molecule has 0 saturated carbocycles. The molecule has 2 aromatic heterocycles. The van der Waals surface area contributed by atoms with Gasteiger partial charge in [0.2, 0.25) is 6.71 Å². The SMILES string of the molecule is CC1(C)CCC(C)(C)c2cc3c(cc21)B1c2c(ccnc2-n2c4ccc(-c5ccccc5)cc4c4cc(-c5ccccc5)cc1c42)C3(C)C. The van der Waals surface area contributed by atoms with Crippen LogP contribution < -0.4 is 16.4 Å². The maximum absolute atomic E-state index is 5.26. The van der Waals surface area contributed by atoms with Crippen LogP contribution in [0.15, 0.2) is 115 Å². The van der Waals surface area contributed by atoms with Crippen LogP contribution in [0.1, 0.15) is 76.6 Å². The summed E-state index contributed by atoms with van der Waals surface area (Å²) in [6.45, 7) is 14.8. The van der Waals surface area contributed by atoms with Crippen LogP contribution in [0, 0.1) is 0 Å². The monoisotopic (exact) mass is 632 g/mol. The second kappa shape index (κ2) is 9.63. The van der Waals surface area contributed by atoms with Crippen molar-refractivity contribution in [1.29, 1.82) is 0 Å². The molecule has 5 aromatic carbocycles. The van der Waals surface area contributed by atoms with Crippen molar-refractivity contribution in [3.63, 3.8) is 0 Å². The summed E-state index contributed by atoms with van der Waals surface area (Å²) < 4.78 is 2.49. The molecule has 4 heterocycles. The zero-order valence-electron chi connectivity index (χ0n) is 29.4. The van der Waals surface area contributed by atoms with Crippen LogP contribution in [0.2, 0.25) is 0 Å². The molecule has 7 aromatic rings. The molecule has 0 N–H and O–H groups in total. The van der Waals surface area contributed by atoms with Gasteiger partial charge in [0.15, 0.2) is 0 Å². The van der Waals surface area contributed by atoms with E-state index in [1.807, 2.05) is 0 Å². The number of nitrogens with zero attached hydrogens (tertiary/aromatic N) is 2. The lowest BCUT2D eigenvalue weighted by molar-refractivity contribution is 0.331. The average molecular weight is 633 g/mol. The molecule has 0 spiro atoms. The molecule has 0 bridgehead atoms. The van der Waals surface area contributed by atoms with Gasteiger partial charge in [-0.3, -0.25) is 4.57 Å². The summed E-state index contributed by atoms with van der Waals surface area (Å²) in [4.78, 5) is 5.26. The van der Waals surface area contributed by atoms with E-state index in [1.165, 1.54) is 95.5 Å². The summed E-state index contributed by atoms with van der Waals surface area (Å²) in [6, 6.07) is 41.3. The smallest absolute Gasteiger partial charge is 0.249 e. The molecular weight excluding hydrogens is 591 g/mol. The Kier molecular flexibility index (Phi) is 5.71. The molecule has 2 aliphatic heterocycles. The number of fused-ring (bicyclic) bond motifs is 8. The van der Waals surface area contributed by atoms with Gasteiger partial charge in [0.25, 0.3) is 0 Å². The van der Waals surface area contributed by atoms with E-state index in [-0.39, 0.29) is 23.0 Å². The number of pyridine rings is 1. The van der Waals surface area contributed by atoms with E-state index in [9.17, 15) is 0 Å². The summed E-state index contributed by atoms with van der Waals surface area (Å²) in [5.41, 5.74) is 17.8. The van der Waals surface area contributed by atoms with Gasteiger partial charge in [0.05, 0.1) is 11.0 Å². The molecule has 0 saturated heterocycles. The molecular formula is C46H41BN2. The quantitative estimate of drug-likeness (QED) is 0.174.